The topological polar surface area (TPSA) is 56.5 Å². The van der Waals surface area contributed by atoms with Crippen molar-refractivity contribution in [1.29, 1.82) is 0 Å². The van der Waals surface area contributed by atoms with E-state index in [1.807, 2.05) is 37.3 Å². The second kappa shape index (κ2) is 6.08. The fraction of sp³-hybridized carbons (Fsp3) is 0.158. The van der Waals surface area contributed by atoms with Crippen molar-refractivity contribution >= 4 is 22.7 Å². The van der Waals surface area contributed by atoms with E-state index >= 15 is 0 Å². The van der Waals surface area contributed by atoms with Crippen LogP contribution in [0.2, 0.25) is 0 Å². The largest absolute Gasteiger partial charge is 0.449 e. The SMILES string of the molecule is Cc1ccc(C(=O)C(C)OC(=O)c2cc3ccccc3o2)cc1. The molecule has 23 heavy (non-hydrogen) atoms. The number of benzene rings is 2. The van der Waals surface area contributed by atoms with Crippen molar-refractivity contribution in [2.45, 2.75) is 20.0 Å². The number of hydrogen-bond donors (Lipinski definition) is 0. The first kappa shape index (κ1) is 15.0. The van der Waals surface area contributed by atoms with Crippen molar-refractivity contribution < 1.29 is 18.7 Å². The van der Waals surface area contributed by atoms with E-state index in [-0.39, 0.29) is 11.5 Å². The van der Waals surface area contributed by atoms with Crippen LogP contribution in [0.5, 0.6) is 0 Å². The molecule has 3 rings (SSSR count). The normalized spacial score (nSPS) is 12.1. The second-order valence-electron chi connectivity index (χ2n) is 5.43. The van der Waals surface area contributed by atoms with Crippen LogP contribution >= 0.6 is 0 Å². The van der Waals surface area contributed by atoms with Crippen molar-refractivity contribution in [3.05, 3.63) is 71.5 Å². The van der Waals surface area contributed by atoms with Gasteiger partial charge in [-0.05, 0) is 26.0 Å². The van der Waals surface area contributed by atoms with Crippen molar-refractivity contribution in [2.75, 3.05) is 0 Å². The van der Waals surface area contributed by atoms with Gasteiger partial charge in [-0.15, -0.1) is 0 Å². The third kappa shape index (κ3) is 3.16. The third-order valence-corrected chi connectivity index (χ3v) is 3.62. The van der Waals surface area contributed by atoms with Gasteiger partial charge in [0.1, 0.15) is 5.58 Å². The molecule has 116 valence electrons. The molecule has 0 radical (unpaired) electrons. The van der Waals surface area contributed by atoms with E-state index in [4.69, 9.17) is 9.15 Å². The number of furan rings is 1. The smallest absolute Gasteiger partial charge is 0.374 e. The summed E-state index contributed by atoms with van der Waals surface area (Å²) in [5.74, 6) is -0.793. The highest BCUT2D eigenvalue weighted by atomic mass is 16.6. The van der Waals surface area contributed by atoms with Crippen LogP contribution in [0.3, 0.4) is 0 Å². The number of rotatable bonds is 4. The minimum Gasteiger partial charge on any atom is -0.449 e. The Balaban J connectivity index is 1.73. The molecule has 2 aromatic carbocycles. The maximum atomic E-state index is 12.3. The average molecular weight is 308 g/mol. The summed E-state index contributed by atoms with van der Waals surface area (Å²) in [7, 11) is 0. The molecule has 0 saturated heterocycles. The molecule has 0 amide bonds. The summed E-state index contributed by atoms with van der Waals surface area (Å²) in [5.41, 5.74) is 2.19. The first-order valence-corrected chi connectivity index (χ1v) is 7.35. The van der Waals surface area contributed by atoms with E-state index in [1.165, 1.54) is 0 Å². The highest BCUT2D eigenvalue weighted by molar-refractivity contribution is 6.01. The molecule has 4 nitrogen and oxygen atoms in total. The van der Waals surface area contributed by atoms with Gasteiger partial charge in [-0.2, -0.15) is 0 Å². The Morgan fingerprint density at radius 3 is 2.43 bits per heavy atom. The van der Waals surface area contributed by atoms with Crippen LogP contribution in [0.4, 0.5) is 0 Å². The van der Waals surface area contributed by atoms with Gasteiger partial charge in [0.2, 0.25) is 11.5 Å². The molecule has 0 saturated carbocycles. The van der Waals surface area contributed by atoms with Crippen molar-refractivity contribution in [1.82, 2.24) is 0 Å². The molecule has 3 aromatic rings. The summed E-state index contributed by atoms with van der Waals surface area (Å²) in [6, 6.07) is 16.1. The standard InChI is InChI=1S/C19H16O4/c1-12-7-9-14(10-8-12)18(20)13(2)22-19(21)17-11-15-5-3-4-6-16(15)23-17/h3-11,13H,1-2H3. The number of fused-ring (bicyclic) bond motifs is 1. The Morgan fingerprint density at radius 1 is 1.04 bits per heavy atom. The lowest BCUT2D eigenvalue weighted by Crippen LogP contribution is -2.24. The number of ether oxygens (including phenoxy) is 1. The number of carbonyl (C=O) groups excluding carboxylic acids is 2. The summed E-state index contributed by atoms with van der Waals surface area (Å²) >= 11 is 0. The highest BCUT2D eigenvalue weighted by Gasteiger charge is 2.22. The summed E-state index contributed by atoms with van der Waals surface area (Å²) in [6.07, 6.45) is -0.876. The van der Waals surface area contributed by atoms with Crippen molar-refractivity contribution in [3.63, 3.8) is 0 Å². The molecule has 1 atom stereocenters. The Bertz CT molecular complexity index is 825. The van der Waals surface area contributed by atoms with Gasteiger partial charge >= 0.3 is 5.97 Å². The molecular weight excluding hydrogens is 292 g/mol. The molecule has 0 aliphatic carbocycles. The fourth-order valence-electron chi connectivity index (χ4n) is 2.31. The Labute approximate surface area is 133 Å². The van der Waals surface area contributed by atoms with E-state index < -0.39 is 12.1 Å². The zero-order valence-corrected chi connectivity index (χ0v) is 12.9. The van der Waals surface area contributed by atoms with Crippen LogP contribution in [0.25, 0.3) is 11.0 Å². The first-order valence-electron chi connectivity index (χ1n) is 7.35. The summed E-state index contributed by atoms with van der Waals surface area (Å²) in [5, 5.41) is 0.817. The van der Waals surface area contributed by atoms with E-state index in [1.54, 1.807) is 31.2 Å². The zero-order valence-electron chi connectivity index (χ0n) is 12.9. The maximum absolute atomic E-state index is 12.3. The third-order valence-electron chi connectivity index (χ3n) is 3.62. The minimum absolute atomic E-state index is 0.0924. The van der Waals surface area contributed by atoms with E-state index in [0.29, 0.717) is 11.1 Å². The van der Waals surface area contributed by atoms with Crippen molar-refractivity contribution in [3.8, 4) is 0 Å². The fourth-order valence-corrected chi connectivity index (χ4v) is 2.31. The maximum Gasteiger partial charge on any atom is 0.374 e. The van der Waals surface area contributed by atoms with Crippen LogP contribution in [-0.4, -0.2) is 17.9 Å². The molecule has 1 heterocycles. The van der Waals surface area contributed by atoms with Crippen LogP contribution in [-0.2, 0) is 4.74 Å². The average Bonchev–Trinajstić information content (AvgIpc) is 2.99. The second-order valence-corrected chi connectivity index (χ2v) is 5.43. The number of aryl methyl sites for hydroxylation is 1. The molecule has 0 fully saturated rings. The molecule has 0 N–H and O–H groups in total. The molecule has 0 spiro atoms. The van der Waals surface area contributed by atoms with E-state index in [2.05, 4.69) is 0 Å². The van der Waals surface area contributed by atoms with Crippen LogP contribution < -0.4 is 0 Å². The highest BCUT2D eigenvalue weighted by Crippen LogP contribution is 2.20. The number of carbonyl (C=O) groups is 2. The van der Waals surface area contributed by atoms with Gasteiger partial charge in [-0.1, -0.05) is 48.0 Å². The van der Waals surface area contributed by atoms with Crippen LogP contribution in [0, 0.1) is 6.92 Å². The molecule has 0 bridgehead atoms. The number of Topliss-reactive ketones (excluding diaryl/α,β-unsaturated/α-hetero) is 1. The van der Waals surface area contributed by atoms with Gasteiger partial charge in [0, 0.05) is 10.9 Å². The summed E-state index contributed by atoms with van der Waals surface area (Å²) in [4.78, 5) is 24.4. The van der Waals surface area contributed by atoms with Gasteiger partial charge in [0.05, 0.1) is 0 Å². The van der Waals surface area contributed by atoms with E-state index in [9.17, 15) is 9.59 Å². The van der Waals surface area contributed by atoms with Gasteiger partial charge in [-0.25, -0.2) is 4.79 Å². The quantitative estimate of drug-likeness (QED) is 0.536. The lowest BCUT2D eigenvalue weighted by atomic mass is 10.1. The van der Waals surface area contributed by atoms with Gasteiger partial charge < -0.3 is 9.15 Å². The first-order chi connectivity index (χ1) is 11.0. The molecule has 0 aliphatic heterocycles. The monoisotopic (exact) mass is 308 g/mol. The molecular formula is C19H16O4. The lowest BCUT2D eigenvalue weighted by Gasteiger charge is -2.11. The van der Waals surface area contributed by atoms with Gasteiger partial charge in [0.15, 0.2) is 6.10 Å². The predicted octanol–water partition coefficient (Wildman–Crippen LogP) is 4.17. The zero-order chi connectivity index (χ0) is 16.4. The lowest BCUT2D eigenvalue weighted by molar-refractivity contribution is 0.0291. The Morgan fingerprint density at radius 2 is 1.74 bits per heavy atom. The number of hydrogen-bond acceptors (Lipinski definition) is 4. The Kier molecular flexibility index (Phi) is 3.98. The predicted molar refractivity (Wildman–Crippen MR) is 86.6 cm³/mol. The summed E-state index contributed by atoms with van der Waals surface area (Å²) < 4.78 is 10.7. The minimum atomic E-state index is -0.876. The van der Waals surface area contributed by atoms with Crippen LogP contribution in [0.15, 0.2) is 59.0 Å². The number of esters is 1. The van der Waals surface area contributed by atoms with Gasteiger partial charge in [-0.3, -0.25) is 4.79 Å². The molecule has 1 aromatic heterocycles. The van der Waals surface area contributed by atoms with Crippen LogP contribution in [0.1, 0.15) is 33.4 Å². The molecule has 4 heteroatoms. The number of para-hydroxylation sites is 1. The van der Waals surface area contributed by atoms with Crippen molar-refractivity contribution in [2.24, 2.45) is 0 Å². The molecule has 1 unspecified atom stereocenters. The summed E-state index contributed by atoms with van der Waals surface area (Å²) in [6.45, 7) is 3.50. The number of ketones is 1. The molecule has 0 aliphatic rings. The van der Waals surface area contributed by atoms with Gasteiger partial charge in [0.25, 0.3) is 0 Å². The van der Waals surface area contributed by atoms with E-state index in [0.717, 1.165) is 10.9 Å². The Hall–Kier alpha value is -2.88.